The van der Waals surface area contributed by atoms with Gasteiger partial charge in [0, 0.05) is 12.8 Å². The van der Waals surface area contributed by atoms with Gasteiger partial charge in [0.15, 0.2) is 12.8 Å². The van der Waals surface area contributed by atoms with Crippen LogP contribution in [0.15, 0.2) is 0 Å². The van der Waals surface area contributed by atoms with Gasteiger partial charge in [-0.05, 0) is 12.8 Å². The summed E-state index contributed by atoms with van der Waals surface area (Å²) in [5, 5.41) is 11.2. The average Bonchev–Trinajstić information content (AvgIpc) is 2.11. The molecule has 0 spiro atoms. The van der Waals surface area contributed by atoms with E-state index in [0.29, 0.717) is 6.54 Å². The molecule has 0 unspecified atom stereocenters. The van der Waals surface area contributed by atoms with Crippen LogP contribution in [0.3, 0.4) is 0 Å². The summed E-state index contributed by atoms with van der Waals surface area (Å²) >= 11 is 0. The molecule has 0 bridgehead atoms. The molecule has 1 aliphatic rings. The Labute approximate surface area is 81.2 Å². The standard InChI is InChI=1S/C11H21NO/c13-12-10-8-6-4-2-1-3-5-7-9-11-12/h10H,1-9,11H2/b12-10+. The van der Waals surface area contributed by atoms with Gasteiger partial charge in [0.1, 0.15) is 0 Å². The number of nitrogens with zero attached hydrogens (tertiary/aromatic N) is 1. The molecule has 0 N–H and O–H groups in total. The van der Waals surface area contributed by atoms with E-state index < -0.39 is 0 Å². The van der Waals surface area contributed by atoms with Crippen molar-refractivity contribution in [3.05, 3.63) is 5.21 Å². The van der Waals surface area contributed by atoms with E-state index in [2.05, 4.69) is 0 Å². The van der Waals surface area contributed by atoms with Crippen LogP contribution in [0.25, 0.3) is 0 Å². The summed E-state index contributed by atoms with van der Waals surface area (Å²) in [6.45, 7) is 0.708. The Morgan fingerprint density at radius 1 is 0.769 bits per heavy atom. The van der Waals surface area contributed by atoms with Crippen LogP contribution in [-0.2, 0) is 0 Å². The van der Waals surface area contributed by atoms with Crippen LogP contribution in [0.2, 0.25) is 0 Å². The highest BCUT2D eigenvalue weighted by Gasteiger charge is 1.98. The van der Waals surface area contributed by atoms with Crippen LogP contribution in [-0.4, -0.2) is 17.5 Å². The van der Waals surface area contributed by atoms with Crippen LogP contribution in [0.1, 0.15) is 57.8 Å². The first-order chi connectivity index (χ1) is 6.39. The first-order valence-corrected chi connectivity index (χ1v) is 5.67. The van der Waals surface area contributed by atoms with Crippen molar-refractivity contribution in [3.63, 3.8) is 0 Å². The minimum atomic E-state index is 0.708. The third-order valence-corrected chi connectivity index (χ3v) is 2.67. The molecule has 1 aliphatic heterocycles. The second kappa shape index (κ2) is 6.93. The van der Waals surface area contributed by atoms with Crippen LogP contribution in [0, 0.1) is 5.21 Å². The zero-order chi connectivity index (χ0) is 9.36. The number of rotatable bonds is 0. The molecule has 0 saturated heterocycles. The van der Waals surface area contributed by atoms with E-state index in [9.17, 15) is 5.21 Å². The number of hydrogen-bond acceptors (Lipinski definition) is 1. The van der Waals surface area contributed by atoms with Gasteiger partial charge < -0.3 is 5.21 Å². The maximum absolute atomic E-state index is 11.2. The lowest BCUT2D eigenvalue weighted by Gasteiger charge is -2.06. The summed E-state index contributed by atoms with van der Waals surface area (Å²) in [6, 6.07) is 0. The third-order valence-electron chi connectivity index (χ3n) is 2.67. The summed E-state index contributed by atoms with van der Waals surface area (Å²) < 4.78 is 1.13. The monoisotopic (exact) mass is 183 g/mol. The van der Waals surface area contributed by atoms with Crippen molar-refractivity contribution in [1.82, 2.24) is 0 Å². The van der Waals surface area contributed by atoms with Gasteiger partial charge in [-0.2, -0.15) is 0 Å². The van der Waals surface area contributed by atoms with Crippen molar-refractivity contribution in [2.24, 2.45) is 0 Å². The molecule has 0 aromatic heterocycles. The largest absolute Gasteiger partial charge is 0.624 e. The predicted octanol–water partition coefficient (Wildman–Crippen LogP) is 3.09. The van der Waals surface area contributed by atoms with E-state index in [1.165, 1.54) is 44.9 Å². The zero-order valence-electron chi connectivity index (χ0n) is 8.50. The Bertz CT molecular complexity index is 154. The lowest BCUT2D eigenvalue weighted by molar-refractivity contribution is -0.454. The second-order valence-electron chi connectivity index (χ2n) is 3.94. The molecule has 1 heterocycles. The normalized spacial score (nSPS) is 26.6. The predicted molar refractivity (Wildman–Crippen MR) is 56.1 cm³/mol. The molecular weight excluding hydrogens is 162 g/mol. The van der Waals surface area contributed by atoms with Crippen molar-refractivity contribution in [1.29, 1.82) is 0 Å². The molecule has 0 radical (unpaired) electrons. The number of hydrogen-bond donors (Lipinski definition) is 0. The van der Waals surface area contributed by atoms with E-state index >= 15 is 0 Å². The molecule has 0 amide bonds. The van der Waals surface area contributed by atoms with E-state index in [4.69, 9.17) is 0 Å². The van der Waals surface area contributed by atoms with Crippen molar-refractivity contribution < 1.29 is 4.74 Å². The Morgan fingerprint density at radius 2 is 1.31 bits per heavy atom. The molecule has 0 fully saturated rings. The maximum atomic E-state index is 11.2. The summed E-state index contributed by atoms with van der Waals surface area (Å²) in [6.07, 6.45) is 13.0. The smallest absolute Gasteiger partial charge is 0.153 e. The van der Waals surface area contributed by atoms with Crippen molar-refractivity contribution >= 4 is 6.21 Å². The lowest BCUT2D eigenvalue weighted by atomic mass is 10.1. The molecule has 0 aliphatic carbocycles. The van der Waals surface area contributed by atoms with E-state index in [-0.39, 0.29) is 0 Å². The van der Waals surface area contributed by atoms with Gasteiger partial charge >= 0.3 is 0 Å². The highest BCUT2D eigenvalue weighted by Crippen LogP contribution is 2.10. The summed E-state index contributed by atoms with van der Waals surface area (Å²) in [5.74, 6) is 0. The molecule has 76 valence electrons. The Kier molecular flexibility index (Phi) is 5.62. The van der Waals surface area contributed by atoms with Crippen molar-refractivity contribution in [2.75, 3.05) is 6.54 Å². The summed E-state index contributed by atoms with van der Waals surface area (Å²) in [5.41, 5.74) is 0. The van der Waals surface area contributed by atoms with E-state index in [1.807, 2.05) is 6.21 Å². The van der Waals surface area contributed by atoms with E-state index in [0.717, 1.165) is 17.6 Å². The van der Waals surface area contributed by atoms with E-state index in [1.54, 1.807) is 0 Å². The maximum Gasteiger partial charge on any atom is 0.153 e. The molecule has 0 saturated carbocycles. The molecule has 1 rings (SSSR count). The lowest BCUT2D eigenvalue weighted by Crippen LogP contribution is -2.07. The van der Waals surface area contributed by atoms with Gasteiger partial charge in [0.2, 0.25) is 0 Å². The molecule has 0 aromatic carbocycles. The first-order valence-electron chi connectivity index (χ1n) is 5.67. The van der Waals surface area contributed by atoms with Crippen LogP contribution < -0.4 is 0 Å². The fourth-order valence-electron chi connectivity index (χ4n) is 1.80. The first kappa shape index (κ1) is 10.6. The average molecular weight is 183 g/mol. The topological polar surface area (TPSA) is 26.1 Å². The minimum absolute atomic E-state index is 0.708. The van der Waals surface area contributed by atoms with Gasteiger partial charge in [-0.25, -0.2) is 4.74 Å². The highest BCUT2D eigenvalue weighted by atomic mass is 16.5. The van der Waals surface area contributed by atoms with Gasteiger partial charge in [-0.3, -0.25) is 0 Å². The van der Waals surface area contributed by atoms with Crippen LogP contribution >= 0.6 is 0 Å². The number of hydroxylamine groups is 1. The Morgan fingerprint density at radius 3 is 2.00 bits per heavy atom. The Balaban J connectivity index is 2.23. The summed E-state index contributed by atoms with van der Waals surface area (Å²) in [7, 11) is 0. The SMILES string of the molecule is [O-]/[N+]1=C/CCCCCCCCCC1. The van der Waals surface area contributed by atoms with Crippen molar-refractivity contribution in [3.8, 4) is 0 Å². The zero-order valence-corrected chi connectivity index (χ0v) is 8.50. The third kappa shape index (κ3) is 5.67. The molecule has 0 aromatic rings. The van der Waals surface area contributed by atoms with Gasteiger partial charge in [-0.15, -0.1) is 0 Å². The second-order valence-corrected chi connectivity index (χ2v) is 3.94. The van der Waals surface area contributed by atoms with Gasteiger partial charge in [0.05, 0.1) is 0 Å². The fraction of sp³-hybridized carbons (Fsp3) is 0.909. The quantitative estimate of drug-likeness (QED) is 0.418. The molecule has 13 heavy (non-hydrogen) atoms. The van der Waals surface area contributed by atoms with Crippen LogP contribution in [0.4, 0.5) is 0 Å². The Hall–Kier alpha value is -0.530. The van der Waals surface area contributed by atoms with Gasteiger partial charge in [0.25, 0.3) is 0 Å². The molecule has 0 atom stereocenters. The molecular formula is C11H21NO. The fourth-order valence-corrected chi connectivity index (χ4v) is 1.80. The highest BCUT2D eigenvalue weighted by molar-refractivity contribution is 5.50. The minimum Gasteiger partial charge on any atom is -0.624 e. The molecule has 2 heteroatoms. The molecule has 2 nitrogen and oxygen atoms in total. The summed E-state index contributed by atoms with van der Waals surface area (Å²) in [4.78, 5) is 0. The van der Waals surface area contributed by atoms with Crippen molar-refractivity contribution in [2.45, 2.75) is 57.8 Å². The van der Waals surface area contributed by atoms with Crippen LogP contribution in [0.5, 0.6) is 0 Å². The van der Waals surface area contributed by atoms with Gasteiger partial charge in [-0.1, -0.05) is 32.1 Å².